The van der Waals surface area contributed by atoms with Crippen LogP contribution in [0.2, 0.25) is 0 Å². The maximum atomic E-state index is 14.8. The lowest BCUT2D eigenvalue weighted by Gasteiger charge is -2.52. The minimum absolute atomic E-state index is 0.115. The quantitative estimate of drug-likeness (QED) is 0.164. The monoisotopic (exact) mass is 986 g/mol. The van der Waals surface area contributed by atoms with E-state index in [0.717, 1.165) is 52.4 Å². The molecule has 0 saturated carbocycles. The van der Waals surface area contributed by atoms with Crippen molar-refractivity contribution in [3.05, 3.63) is 0 Å². The number of ether oxygens (including phenoxy) is 7. The number of aliphatic hydroxyl groups excluding tert-OH is 2. The summed E-state index contributed by atoms with van der Waals surface area (Å²) >= 11 is 0. The van der Waals surface area contributed by atoms with Crippen molar-refractivity contribution in [3.8, 4) is 0 Å². The highest BCUT2D eigenvalue weighted by Crippen LogP contribution is 2.46. The Bertz CT molecular complexity index is 1620. The number of likely N-dealkylation sites (N-methyl/N-ethyl adjacent to an activating group) is 2. The normalized spacial score (nSPS) is 41.8. The van der Waals surface area contributed by atoms with Crippen LogP contribution in [0.4, 0.5) is 0 Å². The lowest BCUT2D eigenvalue weighted by Crippen LogP contribution is -2.62. The summed E-state index contributed by atoms with van der Waals surface area (Å²) in [6, 6.07) is -1.23. The number of hydrogen-bond acceptors (Lipinski definition) is 17. The number of aliphatic hydroxyl groups is 3. The number of nitrogens with one attached hydrogen (secondary N) is 1. The molecule has 0 bridgehead atoms. The molecule has 0 spiro atoms. The largest absolute Gasteiger partial charge is 0.459 e. The summed E-state index contributed by atoms with van der Waals surface area (Å²) in [5, 5.41) is 38.1. The Labute approximate surface area is 414 Å². The fourth-order valence-corrected chi connectivity index (χ4v) is 11.7. The van der Waals surface area contributed by atoms with E-state index in [0.29, 0.717) is 13.0 Å². The first-order chi connectivity index (χ1) is 32.3. The molecule has 18 nitrogen and oxygen atoms in total. The van der Waals surface area contributed by atoms with Gasteiger partial charge in [0.25, 0.3) is 0 Å². The first-order valence-corrected chi connectivity index (χ1v) is 26.0. The SMILES string of the molecule is CC[C@H]1OC(=O)[C@H](C)[C@@H](C2C[C@@](C)(OC)[C@@H](OC(=O)CCN3CCN(CCN(CC)CC)CC3)[C@H](C)O2)[C@H](C)[C@@H](O[C@@H]2O[C@H](C)C[C@H](N(C)C)[C@H]2O)[C@](C)(OC)C[C@@H](C)C(=O)N[C@H](C)[C@@H](O)[C@]1(C)O. The van der Waals surface area contributed by atoms with Gasteiger partial charge in [-0.3, -0.25) is 19.3 Å². The third-order valence-electron chi connectivity index (χ3n) is 16.4. The van der Waals surface area contributed by atoms with Gasteiger partial charge >= 0.3 is 11.9 Å². The van der Waals surface area contributed by atoms with E-state index in [9.17, 15) is 29.7 Å². The summed E-state index contributed by atoms with van der Waals surface area (Å²) in [4.78, 5) is 51.6. The van der Waals surface area contributed by atoms with Crippen molar-refractivity contribution >= 4 is 17.8 Å². The van der Waals surface area contributed by atoms with Crippen LogP contribution in [0.3, 0.4) is 0 Å². The molecule has 0 aliphatic carbocycles. The van der Waals surface area contributed by atoms with Gasteiger partial charge in [-0.25, -0.2) is 0 Å². The zero-order valence-corrected chi connectivity index (χ0v) is 45.3. The second kappa shape index (κ2) is 25.7. The molecule has 4 rings (SSSR count). The zero-order valence-electron chi connectivity index (χ0n) is 45.3. The Hall–Kier alpha value is -2.07. The number of methoxy groups -OCH3 is 2. The molecule has 4 aliphatic heterocycles. The van der Waals surface area contributed by atoms with Gasteiger partial charge in [-0.15, -0.1) is 0 Å². The van der Waals surface area contributed by atoms with Crippen molar-refractivity contribution in [1.29, 1.82) is 0 Å². The summed E-state index contributed by atoms with van der Waals surface area (Å²) in [5.74, 6) is -4.42. The van der Waals surface area contributed by atoms with Gasteiger partial charge in [-0.05, 0) is 93.9 Å². The summed E-state index contributed by atoms with van der Waals surface area (Å²) in [6.45, 7) is 30.5. The molecule has 18 heteroatoms. The molecule has 69 heavy (non-hydrogen) atoms. The third-order valence-corrected chi connectivity index (χ3v) is 16.4. The van der Waals surface area contributed by atoms with Crippen LogP contribution in [-0.2, 0) is 47.5 Å². The van der Waals surface area contributed by atoms with Crippen LogP contribution < -0.4 is 5.32 Å². The number of piperazine rings is 1. The van der Waals surface area contributed by atoms with E-state index < -0.39 is 107 Å². The van der Waals surface area contributed by atoms with Gasteiger partial charge in [0.1, 0.15) is 29.5 Å². The number of amides is 1. The Balaban J connectivity index is 1.70. The highest BCUT2D eigenvalue weighted by Gasteiger charge is 2.56. The topological polar surface area (TPSA) is 201 Å². The van der Waals surface area contributed by atoms with E-state index >= 15 is 0 Å². The Kier molecular flexibility index (Phi) is 22.2. The standard InChI is InChI=1S/C51H95N5O13/c1-17-39-51(12,62)43(59)35(8)52-46(60)31(4)29-49(10,63-15)44(69-48-42(58)37(53(13)14)28-32(5)65-48)33(6)41(34(7)47(61)67-39)38-30-50(11,64-16)45(36(9)66-38)68-40(57)20-21-55-24-26-56(27-25-55)23-22-54(18-2)19-3/h31-39,41-45,48,58-59,62H,17-30H2,1-16H3,(H,52,60)/t31-,32-,33+,34-,35-,36+,37+,38?,39-,41+,42-,43-,44-,45+,48+,49-,50-,51-/m1/s1. The average molecular weight is 986 g/mol. The van der Waals surface area contributed by atoms with Crippen LogP contribution in [0, 0.1) is 23.7 Å². The first-order valence-electron chi connectivity index (χ1n) is 26.0. The predicted molar refractivity (Wildman–Crippen MR) is 262 cm³/mol. The van der Waals surface area contributed by atoms with E-state index in [4.69, 9.17) is 33.2 Å². The number of esters is 2. The molecule has 1 amide bonds. The van der Waals surface area contributed by atoms with Crippen molar-refractivity contribution in [3.63, 3.8) is 0 Å². The number of carbonyl (C=O) groups excluding carboxylic acids is 3. The summed E-state index contributed by atoms with van der Waals surface area (Å²) < 4.78 is 45.5. The lowest BCUT2D eigenvalue weighted by atomic mass is 9.68. The van der Waals surface area contributed by atoms with Crippen LogP contribution in [0.5, 0.6) is 0 Å². The van der Waals surface area contributed by atoms with Crippen LogP contribution in [0.1, 0.15) is 115 Å². The summed E-state index contributed by atoms with van der Waals surface area (Å²) in [6.07, 6.45) is -7.07. The molecule has 4 saturated heterocycles. The van der Waals surface area contributed by atoms with Gasteiger partial charge < -0.3 is 68.5 Å². The molecule has 4 heterocycles. The summed E-state index contributed by atoms with van der Waals surface area (Å²) in [7, 11) is 6.92. The van der Waals surface area contributed by atoms with Gasteiger partial charge in [-0.2, -0.15) is 0 Å². The van der Waals surface area contributed by atoms with Crippen molar-refractivity contribution in [1.82, 2.24) is 24.9 Å². The fraction of sp³-hybridized carbons (Fsp3) is 0.941. The minimum Gasteiger partial charge on any atom is -0.459 e. The number of rotatable bonds is 16. The molecule has 4 N–H and O–H groups in total. The third kappa shape index (κ3) is 14.6. The molecule has 18 atom stereocenters. The van der Waals surface area contributed by atoms with Crippen molar-refractivity contribution in [2.24, 2.45) is 23.7 Å². The maximum absolute atomic E-state index is 14.8. The number of carbonyl (C=O) groups is 3. The molecule has 4 aliphatic rings. The highest BCUT2D eigenvalue weighted by atomic mass is 16.7. The smallest absolute Gasteiger partial charge is 0.309 e. The van der Waals surface area contributed by atoms with E-state index in [1.165, 1.54) is 6.92 Å². The average Bonchev–Trinajstić information content (AvgIpc) is 3.30. The maximum Gasteiger partial charge on any atom is 0.309 e. The molecule has 0 radical (unpaired) electrons. The van der Waals surface area contributed by atoms with Gasteiger partial charge in [0, 0.05) is 84.3 Å². The first kappa shape index (κ1) is 59.5. The molecule has 0 aromatic heterocycles. The molecule has 402 valence electrons. The van der Waals surface area contributed by atoms with Crippen molar-refractivity contribution in [2.45, 2.75) is 199 Å². The second-order valence-corrected chi connectivity index (χ2v) is 21.7. The predicted octanol–water partition coefficient (Wildman–Crippen LogP) is 2.91. The van der Waals surface area contributed by atoms with Crippen LogP contribution in [0.25, 0.3) is 0 Å². The van der Waals surface area contributed by atoms with E-state index in [-0.39, 0.29) is 43.8 Å². The number of nitrogens with zero attached hydrogens (tertiary/aromatic N) is 4. The number of cyclic esters (lactones) is 1. The van der Waals surface area contributed by atoms with Crippen LogP contribution >= 0.6 is 0 Å². The van der Waals surface area contributed by atoms with Gasteiger partial charge in [0.15, 0.2) is 12.4 Å². The second-order valence-electron chi connectivity index (χ2n) is 21.7. The van der Waals surface area contributed by atoms with E-state index in [1.807, 2.05) is 53.6 Å². The molecule has 4 fully saturated rings. The molecule has 1 unspecified atom stereocenters. The molecular weight excluding hydrogens is 891 g/mol. The van der Waals surface area contributed by atoms with Crippen molar-refractivity contribution < 1.29 is 62.9 Å². The van der Waals surface area contributed by atoms with Gasteiger partial charge in [0.05, 0.1) is 48.4 Å². The van der Waals surface area contributed by atoms with Crippen LogP contribution in [-0.4, -0.2) is 224 Å². The fourth-order valence-electron chi connectivity index (χ4n) is 11.7. The summed E-state index contributed by atoms with van der Waals surface area (Å²) in [5.41, 5.74) is -4.28. The van der Waals surface area contributed by atoms with Crippen molar-refractivity contribution in [2.75, 3.05) is 87.2 Å². The van der Waals surface area contributed by atoms with E-state index in [1.54, 1.807) is 41.9 Å². The molecular formula is C51H95N5O13. The molecule has 0 aromatic rings. The Morgan fingerprint density at radius 1 is 0.855 bits per heavy atom. The lowest BCUT2D eigenvalue weighted by molar-refractivity contribution is -0.304. The van der Waals surface area contributed by atoms with Crippen LogP contribution in [0.15, 0.2) is 0 Å². The Morgan fingerprint density at radius 3 is 1.99 bits per heavy atom. The van der Waals surface area contributed by atoms with E-state index in [2.05, 4.69) is 33.9 Å². The minimum atomic E-state index is -1.96. The Morgan fingerprint density at radius 2 is 1.43 bits per heavy atom. The van der Waals surface area contributed by atoms with Gasteiger partial charge in [0.2, 0.25) is 5.91 Å². The zero-order chi connectivity index (χ0) is 51.8. The number of hydrogen-bond donors (Lipinski definition) is 4. The molecule has 0 aromatic carbocycles. The highest BCUT2D eigenvalue weighted by molar-refractivity contribution is 5.78. The van der Waals surface area contributed by atoms with Gasteiger partial charge in [-0.1, -0.05) is 41.5 Å².